The summed E-state index contributed by atoms with van der Waals surface area (Å²) in [5.41, 5.74) is 4.24. The van der Waals surface area contributed by atoms with Crippen LogP contribution in [0, 0.1) is 58.8 Å². The van der Waals surface area contributed by atoms with Crippen molar-refractivity contribution in [2.24, 2.45) is 0 Å². The normalized spacial score (nSPS) is 10.1. The van der Waals surface area contributed by atoms with Gasteiger partial charge in [-0.15, -0.1) is 0 Å². The van der Waals surface area contributed by atoms with Crippen LogP contribution in [-0.4, -0.2) is 183 Å². The van der Waals surface area contributed by atoms with E-state index in [1.807, 2.05) is 6.92 Å². The van der Waals surface area contributed by atoms with E-state index in [9.17, 15) is 67.9 Å². The number of aliphatic hydroxyl groups excluding tert-OH is 1. The number of carboxylic acid groups (broad SMARTS) is 1. The van der Waals surface area contributed by atoms with E-state index < -0.39 is 69.5 Å². The van der Waals surface area contributed by atoms with Crippen LogP contribution < -0.4 is 136 Å². The third-order valence-corrected chi connectivity index (χ3v) is 19.7. The first-order valence-corrected chi connectivity index (χ1v) is 43.2. The van der Waals surface area contributed by atoms with E-state index in [-0.39, 0.29) is 211 Å². The smallest absolute Gasteiger partial charge is 1.00 e. The number of ether oxygens (including phenoxy) is 8. The summed E-state index contributed by atoms with van der Waals surface area (Å²) in [4.78, 5) is 71.1. The van der Waals surface area contributed by atoms with E-state index in [1.54, 1.807) is 99.6 Å². The van der Waals surface area contributed by atoms with Gasteiger partial charge < -0.3 is 85.2 Å². The second-order valence-electron chi connectivity index (χ2n) is 24.2. The van der Waals surface area contributed by atoms with Gasteiger partial charge in [0.1, 0.15) is 63.2 Å². The summed E-state index contributed by atoms with van der Waals surface area (Å²) in [6, 6.07) is 49.4. The molecule has 9 aromatic carbocycles. The second kappa shape index (κ2) is 66.2. The molecule has 41 heteroatoms. The van der Waals surface area contributed by atoms with Crippen LogP contribution in [-0.2, 0) is 58.8 Å². The van der Waals surface area contributed by atoms with Gasteiger partial charge in [0, 0.05) is 99.1 Å². The van der Waals surface area contributed by atoms with Crippen LogP contribution in [0.2, 0.25) is 0 Å². The fourth-order valence-corrected chi connectivity index (χ4v) is 10.2. The number of phenols is 5. The van der Waals surface area contributed by atoms with Gasteiger partial charge in [-0.2, -0.15) is 8.42 Å². The number of benzene rings is 9. The average Bonchev–Trinajstić information content (AvgIpc) is 0.847. The Bertz CT molecular complexity index is 5330. The molecule has 0 amide bonds. The molecule has 0 spiro atoms. The first-order chi connectivity index (χ1) is 58.7. The third-order valence-electron chi connectivity index (χ3n) is 14.9. The van der Waals surface area contributed by atoms with Crippen LogP contribution in [0.1, 0.15) is 94.7 Å². The van der Waals surface area contributed by atoms with Crippen molar-refractivity contribution in [3.63, 3.8) is 0 Å². The first kappa shape index (κ1) is 120. The van der Waals surface area contributed by atoms with Crippen molar-refractivity contribution in [1.82, 2.24) is 0 Å². The molecule has 8 N–H and O–H groups in total. The molecule has 9 rings (SSSR count). The van der Waals surface area contributed by atoms with Crippen molar-refractivity contribution in [2.45, 2.75) is 51.9 Å². The van der Waals surface area contributed by atoms with Gasteiger partial charge in [0.25, 0.3) is 16.6 Å². The van der Waals surface area contributed by atoms with Gasteiger partial charge in [-0.25, -0.2) is 49.2 Å². The Hall–Kier alpha value is -8.17. The monoisotopic (exact) mass is 2160 g/mol. The molecule has 32 nitrogen and oxygen atoms in total. The standard InChI is InChI=1S/C35H40O12S2.C21H16O6.C7H8O3S.C7H6O3.C7H8O2.C4H6O2S.C3H7BrO.CH2O3.BH.2K.U.H/c1-4-48(38,39)24-22-42-18-6-20-44-30-12-8-28(9-13-30)34(36)46-32-16-17-33(27(3)26-32)47-35(37)29-10-14-31(15-11-29)45-21-7-19-43-23-25-49(40,41)5-2;1-13-12-18(26-20(24)14-2-6-16(22)7-3-14)10-11-19(13)27-21(25)15-4-8-17(23)9-5-15;1-6-2-4-7(5-3-6)11(8,9)10;8-6-3-1-5(2-4-6)7(9)10;1-5-4-6(8)2-3-7(5)9;1-3-7(5,6)4-2;4-2-1-3-5;2-1-4-3;;;;;/h4-5,8-17,26H,1-2,6-7,18-25H2,3H3;2-12,22-23H,1H3;2-5H,1H3,(H,8,9,10);1-4,8H,(H,9,10);2-4,8-9H,1H3;3-4H,1-2H2;5H,1-3H2;1,3H;1H;;;;/q;;;;;;;;;2*+1;;-1/p-1/i;;;;;;;;1D;;;;. The number of sulfone groups is 3. The summed E-state index contributed by atoms with van der Waals surface area (Å²) >= 11 is 3.15. The summed E-state index contributed by atoms with van der Waals surface area (Å²) in [5.74, 6) is -0.591. The Morgan fingerprint density at radius 2 is 0.770 bits per heavy atom. The Labute approximate surface area is 853 Å². The summed E-state index contributed by atoms with van der Waals surface area (Å²) in [5, 5.41) is 74.3. The van der Waals surface area contributed by atoms with Gasteiger partial charge in [-0.1, -0.05) is 59.9 Å². The van der Waals surface area contributed by atoms with Crippen LogP contribution in [0.15, 0.2) is 253 Å². The average molecular weight is 2160 g/mol. The molecule has 0 aliphatic carbocycles. The molecule has 0 fully saturated rings. The van der Waals surface area contributed by atoms with Crippen LogP contribution in [0.3, 0.4) is 0 Å². The molecule has 0 atom stereocenters. The van der Waals surface area contributed by atoms with Gasteiger partial charge >= 0.3 is 133 Å². The number of hydrogen-bond acceptors (Lipinski definition) is 30. The molecule has 0 saturated carbocycles. The first-order valence-electron chi connectivity index (χ1n) is 36.2. The minimum atomic E-state index is -4.02. The number of carbonyl (C=O) groups is 6. The third kappa shape index (κ3) is 53.0. The molecule has 0 heterocycles. The van der Waals surface area contributed by atoms with E-state index in [0.29, 0.717) is 114 Å². The topological polar surface area (TPSA) is 507 Å². The number of alkyl halides is 1. The van der Waals surface area contributed by atoms with E-state index in [4.69, 9.17) is 79.4 Å². The minimum absolute atomic E-state index is 0. The molecule has 9 aromatic rings. The number of carbonyl (C=O) groups excluding carboxylic acids is 5. The van der Waals surface area contributed by atoms with Gasteiger partial charge in [-0.05, 0) is 240 Å². The summed E-state index contributed by atoms with van der Waals surface area (Å²) in [6.07, 6.45) is 1.97. The zero-order valence-corrected chi connectivity index (χ0v) is 84.7. The van der Waals surface area contributed by atoms with Gasteiger partial charge in [0.05, 0.1) is 70.6 Å². The molecule has 666 valence electrons. The van der Waals surface area contributed by atoms with E-state index in [1.165, 1.54) is 121 Å². The largest absolute Gasteiger partial charge is 1.00 e. The Morgan fingerprint density at radius 3 is 1.04 bits per heavy atom. The number of aryl methyl sites for hydroxylation is 4. The molecular weight excluding hydrogens is 2070 g/mol. The maximum Gasteiger partial charge on any atom is 1.00 e. The zero-order valence-electron chi connectivity index (χ0n) is 71.4. The molecule has 0 saturated heterocycles. The van der Waals surface area contributed by atoms with Gasteiger partial charge in [0.2, 0.25) is 0 Å². The predicted molar refractivity (Wildman–Crippen MR) is 462 cm³/mol. The van der Waals surface area contributed by atoms with Crippen molar-refractivity contribution < 1.29 is 286 Å². The molecule has 0 aliphatic heterocycles. The molecular formula is C85H94BBrK2O32S4U. The van der Waals surface area contributed by atoms with Crippen molar-refractivity contribution in [2.75, 3.05) is 63.1 Å². The minimum Gasteiger partial charge on any atom is -1.00 e. The van der Waals surface area contributed by atoms with Crippen LogP contribution in [0.4, 0.5) is 0 Å². The summed E-state index contributed by atoms with van der Waals surface area (Å²) in [6.45, 7) is 21.3. The number of aromatic hydroxyl groups is 5. The number of aliphatic hydroxyl groups is 1. The number of rotatable bonds is 33. The molecule has 0 bridgehead atoms. The number of hydrogen-bond donors (Lipinski definition) is 8. The maximum atomic E-state index is 12.7. The molecule has 0 unspecified atom stereocenters. The van der Waals surface area contributed by atoms with Crippen LogP contribution in [0.5, 0.6) is 63.2 Å². The fraction of sp³-hybridized carbons (Fsp3) is 0.200. The van der Waals surface area contributed by atoms with Crippen LogP contribution >= 0.6 is 15.9 Å². The molecule has 2 radical (unpaired) electrons. The molecule has 0 aliphatic rings. The van der Waals surface area contributed by atoms with Crippen molar-refractivity contribution in [3.8, 4) is 63.2 Å². The van der Waals surface area contributed by atoms with Crippen molar-refractivity contribution in [3.05, 3.63) is 298 Å². The van der Waals surface area contributed by atoms with Crippen molar-refractivity contribution in [1.29, 1.82) is 1.34 Å². The van der Waals surface area contributed by atoms with Crippen molar-refractivity contribution >= 4 is 100 Å². The summed E-state index contributed by atoms with van der Waals surface area (Å²) in [7, 11) is -9.95. The van der Waals surface area contributed by atoms with E-state index >= 15 is 0 Å². The molecule has 0 aromatic heterocycles. The summed E-state index contributed by atoms with van der Waals surface area (Å²) < 4.78 is 144. The fourth-order valence-electron chi connectivity index (χ4n) is 8.32. The molecule has 126 heavy (non-hydrogen) atoms. The SMILES string of the molecule is C=CS(=O)(=O)C=C.C=CS(=O)(=O)CCOCCCOc1ccc(C(=O)Oc2ccc(OC(=O)c3ccc(OCCCOCCS(=O)(=O)C=C)cc3)c(C)c2)cc1.Cc1cc(O)ccc1O.Cc1cc(OC(=O)c2ccc(O)cc2)ccc1OC(=O)c1ccc(O)cc1.Cc1ccc(S(=O)(=O)O)cc1.O=C(O)c1ccc(O)cc1.O=CO[O-].OCCCBr.[2H][B].[H-].[K+].[K+].[U]. The Morgan fingerprint density at radius 1 is 0.444 bits per heavy atom. The Balaban J connectivity index is -0.000000807. The number of phenolic OH excluding ortho intramolecular Hbond substituents is 5. The van der Waals surface area contributed by atoms with E-state index in [2.05, 4.69) is 55.5 Å². The van der Waals surface area contributed by atoms with Gasteiger partial charge in [-0.3, -0.25) is 9.35 Å². The number of esters is 4. The number of halogens is 1. The predicted octanol–water partition coefficient (Wildman–Crippen LogP) is 6.06. The Kier molecular flexibility index (Phi) is 63.0. The second-order valence-corrected chi connectivity index (χ2v) is 32.4. The van der Waals surface area contributed by atoms with E-state index in [0.717, 1.165) is 38.9 Å². The zero-order chi connectivity index (χ0) is 93.4. The van der Waals surface area contributed by atoms with Crippen LogP contribution in [0.25, 0.3) is 0 Å². The maximum absolute atomic E-state index is 12.7. The quantitative estimate of drug-likeness (QED) is 0.00221. The van der Waals surface area contributed by atoms with Gasteiger partial charge in [0.15, 0.2) is 29.5 Å². The number of carboxylic acids is 1. The number of aromatic carboxylic acids is 1.